The zero-order valence-electron chi connectivity index (χ0n) is 44.4. The lowest BCUT2D eigenvalue weighted by Gasteiger charge is -2.34. The molecule has 28 nitrogen and oxygen atoms in total. The number of amides is 8. The van der Waals surface area contributed by atoms with Crippen LogP contribution >= 0.6 is 0 Å². The number of aromatic hydroxyl groups is 1. The highest BCUT2D eigenvalue weighted by molar-refractivity contribution is 5.98. The average molecular weight is 1110 g/mol. The Morgan fingerprint density at radius 2 is 1.42 bits per heavy atom. The maximum Gasteiger partial charge on any atom is 0.248 e. The summed E-state index contributed by atoms with van der Waals surface area (Å²) in [5, 5.41) is 114. The summed E-state index contributed by atoms with van der Waals surface area (Å²) in [7, 11) is 0. The Kier molecular flexibility index (Phi) is 24.9. The van der Waals surface area contributed by atoms with Gasteiger partial charge in [0.05, 0.1) is 36.5 Å². The lowest BCUT2D eigenvalue weighted by Crippen LogP contribution is -2.64. The van der Waals surface area contributed by atoms with Crippen LogP contribution in [-0.4, -0.2) is 195 Å². The maximum absolute atomic E-state index is 14.5. The zero-order chi connectivity index (χ0) is 58.1. The van der Waals surface area contributed by atoms with Gasteiger partial charge in [0.1, 0.15) is 60.3 Å². The highest BCUT2D eigenvalue weighted by Crippen LogP contribution is 2.32. The SMILES string of the molecule is CCC(C)CC(C)CCCCCCCCC(=O)NC1C[C@@H](O)[C@@H](O)NC(=O)[C@@H]2[C@@H](O)CCN2C(=O)[C@H]([C@@H](O)CC(N)=O)NC(=O)[C@H]([C@H](O)[C@@H](O)c2ccc(O)c(N=[N+]=[N-])c2)NC(=O)[C@@H]2C[C@@H](O)CN2C(=O)[C@H]([C@H](C)O)NC1=O. The molecule has 0 spiro atoms. The van der Waals surface area contributed by atoms with E-state index in [0.717, 1.165) is 68.5 Å². The topological polar surface area (TPSA) is 460 Å². The standard InChI is InChI=1S/C50H79N11O17/c1-5-24(2)18-25(3)12-10-8-6-7-9-11-13-37(69)53-30-21-35(67)46(74)57-48(76)41-33(65)16-17-60(41)50(78)39(34(66)22-36(51)68)55-47(75)40(43(71)42(70)27-14-15-32(64)29(19-27)58-59-52)56-45(73)31-20-28(63)23-61(31)49(77)38(26(4)62)54-44(30)72/h14-15,19,24-26,28,30-31,33-35,38-43,46,62-67,70-71,74H,5-13,16-18,20-23H2,1-4H3,(H2,51,68)(H,53,69)(H,54,72)(H,55,75)(H,56,73)(H,57,76)/t24?,25?,26-,28+,30?,31-,33-,34-,35+,38-,39-,40-,41-,42-,43-,46+/m0/s1. The Labute approximate surface area is 451 Å². The lowest BCUT2D eigenvalue weighted by molar-refractivity contribution is -0.149. The summed E-state index contributed by atoms with van der Waals surface area (Å²) in [6, 6.07) is -9.38. The van der Waals surface area contributed by atoms with Gasteiger partial charge in [-0.05, 0) is 61.2 Å². The van der Waals surface area contributed by atoms with Crippen molar-refractivity contribution in [2.75, 3.05) is 13.1 Å². The number of carbonyl (C=O) groups is 8. The number of phenols is 1. The first kappa shape index (κ1) is 64.3. The molecule has 0 saturated carbocycles. The Morgan fingerprint density at radius 3 is 2.06 bits per heavy atom. The number of azide groups is 1. The van der Waals surface area contributed by atoms with Crippen LogP contribution in [0.3, 0.4) is 0 Å². The Morgan fingerprint density at radius 1 is 0.795 bits per heavy atom. The molecule has 3 saturated heterocycles. The number of hydrogen-bond acceptors (Lipinski definition) is 18. The van der Waals surface area contributed by atoms with Crippen LogP contribution < -0.4 is 32.3 Å². The molecule has 28 heteroatoms. The molecule has 4 rings (SSSR count). The van der Waals surface area contributed by atoms with Gasteiger partial charge in [0, 0.05) is 37.3 Å². The second-order valence-electron chi connectivity index (χ2n) is 20.9. The number of carbonyl (C=O) groups excluding carboxylic acids is 8. The third-order valence-corrected chi connectivity index (χ3v) is 14.6. The van der Waals surface area contributed by atoms with Crippen molar-refractivity contribution in [3.05, 3.63) is 34.2 Å². The fourth-order valence-electron chi connectivity index (χ4n) is 9.98. The molecular weight excluding hydrogens is 1030 g/mol. The molecule has 3 heterocycles. The van der Waals surface area contributed by atoms with E-state index in [1.807, 2.05) is 5.32 Å². The smallest absolute Gasteiger partial charge is 0.248 e. The van der Waals surface area contributed by atoms with Crippen LogP contribution in [0.2, 0.25) is 0 Å². The van der Waals surface area contributed by atoms with E-state index in [0.29, 0.717) is 29.6 Å². The molecule has 436 valence electrons. The molecule has 3 fully saturated rings. The first-order valence-corrected chi connectivity index (χ1v) is 26.5. The molecule has 1 aromatic carbocycles. The van der Waals surface area contributed by atoms with Crippen molar-refractivity contribution in [2.24, 2.45) is 22.7 Å². The van der Waals surface area contributed by atoms with Crippen LogP contribution in [0.15, 0.2) is 23.3 Å². The minimum Gasteiger partial charge on any atom is -0.507 e. The van der Waals surface area contributed by atoms with E-state index in [9.17, 15) is 84.3 Å². The van der Waals surface area contributed by atoms with Crippen molar-refractivity contribution in [2.45, 2.75) is 203 Å². The first-order chi connectivity index (χ1) is 36.8. The van der Waals surface area contributed by atoms with Crippen LogP contribution in [-0.2, 0) is 38.4 Å². The van der Waals surface area contributed by atoms with Gasteiger partial charge < -0.3 is 88.1 Å². The van der Waals surface area contributed by atoms with Crippen LogP contribution in [0.4, 0.5) is 5.69 Å². The number of benzene rings is 1. The van der Waals surface area contributed by atoms with E-state index in [2.05, 4.69) is 52.1 Å². The number of aliphatic hydroxyl groups excluding tert-OH is 8. The van der Waals surface area contributed by atoms with Gasteiger partial charge in [-0.25, -0.2) is 0 Å². The van der Waals surface area contributed by atoms with Crippen molar-refractivity contribution in [3.63, 3.8) is 0 Å². The predicted octanol–water partition coefficient (Wildman–Crippen LogP) is -2.40. The van der Waals surface area contributed by atoms with Gasteiger partial charge in [-0.1, -0.05) is 76.9 Å². The van der Waals surface area contributed by atoms with E-state index in [1.165, 1.54) is 6.42 Å². The molecule has 0 aromatic heterocycles. The fraction of sp³-hybridized carbons (Fsp3) is 0.720. The van der Waals surface area contributed by atoms with Gasteiger partial charge in [0.2, 0.25) is 47.3 Å². The summed E-state index contributed by atoms with van der Waals surface area (Å²) in [5.41, 5.74) is 13.5. The highest BCUT2D eigenvalue weighted by Gasteiger charge is 2.49. The second kappa shape index (κ2) is 30.2. The summed E-state index contributed by atoms with van der Waals surface area (Å²) in [5.74, 6) is -9.24. The quantitative estimate of drug-likeness (QED) is 0.0264. The van der Waals surface area contributed by atoms with Gasteiger partial charge in [0.25, 0.3) is 0 Å². The van der Waals surface area contributed by atoms with Crippen LogP contribution in [0.1, 0.15) is 129 Å². The lowest BCUT2D eigenvalue weighted by atomic mass is 9.91. The van der Waals surface area contributed by atoms with E-state index < -0.39 is 176 Å². The van der Waals surface area contributed by atoms with E-state index >= 15 is 0 Å². The number of hydrogen-bond donors (Lipinski definition) is 15. The minimum atomic E-state index is -2.50. The number of phenolic OH excluding ortho intramolecular Hbond substituents is 1. The number of rotatable bonds is 21. The number of nitrogens with two attached hydrogens (primary N) is 1. The molecule has 3 aliphatic heterocycles. The van der Waals surface area contributed by atoms with Crippen molar-refractivity contribution in [3.8, 4) is 5.75 Å². The Bertz CT molecular complexity index is 2310. The molecule has 3 aliphatic rings. The monoisotopic (exact) mass is 1110 g/mol. The van der Waals surface area contributed by atoms with Crippen LogP contribution in [0, 0.1) is 11.8 Å². The normalized spacial score (nSPS) is 28.2. The molecule has 78 heavy (non-hydrogen) atoms. The van der Waals surface area contributed by atoms with E-state index in [1.54, 1.807) is 0 Å². The second-order valence-corrected chi connectivity index (χ2v) is 20.9. The summed E-state index contributed by atoms with van der Waals surface area (Å²) in [6.07, 6.45) is -10.9. The van der Waals surface area contributed by atoms with Gasteiger partial charge in [-0.2, -0.15) is 0 Å². The molecule has 3 unspecified atom stereocenters. The predicted molar refractivity (Wildman–Crippen MR) is 274 cm³/mol. The number of aliphatic hydroxyl groups is 8. The van der Waals surface area contributed by atoms with Gasteiger partial charge in [-0.15, -0.1) is 0 Å². The summed E-state index contributed by atoms with van der Waals surface area (Å²) >= 11 is 0. The van der Waals surface area contributed by atoms with Crippen molar-refractivity contribution < 1.29 is 84.3 Å². The zero-order valence-corrected chi connectivity index (χ0v) is 44.4. The summed E-state index contributed by atoms with van der Waals surface area (Å²) in [6.45, 7) is 6.65. The van der Waals surface area contributed by atoms with Crippen LogP contribution in [0.25, 0.3) is 10.4 Å². The maximum atomic E-state index is 14.5. The van der Waals surface area contributed by atoms with Crippen LogP contribution in [0.5, 0.6) is 5.75 Å². The largest absolute Gasteiger partial charge is 0.507 e. The van der Waals surface area contributed by atoms with Gasteiger partial charge in [0.15, 0.2) is 6.23 Å². The molecule has 16 N–H and O–H groups in total. The molecule has 0 radical (unpaired) electrons. The molecular formula is C50H79N11O17. The minimum absolute atomic E-state index is 0.0965. The van der Waals surface area contributed by atoms with Gasteiger partial charge in [-0.3, -0.25) is 38.4 Å². The Hall–Kier alpha value is -6.23. The average Bonchev–Trinajstić information content (AvgIpc) is 3.98. The Balaban J connectivity index is 1.72. The number of fused-ring (bicyclic) bond motifs is 2. The molecule has 16 atom stereocenters. The van der Waals surface area contributed by atoms with Crippen molar-refractivity contribution in [1.82, 2.24) is 36.4 Å². The van der Waals surface area contributed by atoms with Crippen molar-refractivity contribution >= 4 is 52.9 Å². The molecule has 1 aromatic rings. The summed E-state index contributed by atoms with van der Waals surface area (Å²) in [4.78, 5) is 115. The molecule has 0 aliphatic carbocycles. The third-order valence-electron chi connectivity index (χ3n) is 14.6. The van der Waals surface area contributed by atoms with E-state index in [-0.39, 0.29) is 18.4 Å². The highest BCUT2D eigenvalue weighted by atomic mass is 16.3. The van der Waals surface area contributed by atoms with Gasteiger partial charge >= 0.3 is 0 Å². The molecule has 8 amide bonds. The third kappa shape index (κ3) is 17.9. The summed E-state index contributed by atoms with van der Waals surface area (Å²) < 4.78 is 0. The van der Waals surface area contributed by atoms with E-state index in [4.69, 9.17) is 11.3 Å². The number of unbranched alkanes of at least 4 members (excludes halogenated alkanes) is 5. The first-order valence-electron chi connectivity index (χ1n) is 26.5. The number of nitrogens with zero attached hydrogens (tertiary/aromatic N) is 5. The van der Waals surface area contributed by atoms with Crippen molar-refractivity contribution in [1.29, 1.82) is 0 Å². The number of primary amides is 1. The molecule has 0 bridgehead atoms. The fourth-order valence-corrected chi connectivity index (χ4v) is 9.98. The number of nitrogens with one attached hydrogen (secondary N) is 5.